The second kappa shape index (κ2) is 8.93. The zero-order valence-electron chi connectivity index (χ0n) is 14.9. The molecule has 0 atom stereocenters. The molecule has 3 aromatic rings. The van der Waals surface area contributed by atoms with Gasteiger partial charge in [0.2, 0.25) is 0 Å². The van der Waals surface area contributed by atoms with Gasteiger partial charge in [0.25, 0.3) is 15.9 Å². The van der Waals surface area contributed by atoms with Gasteiger partial charge in [-0.25, -0.2) is 12.8 Å². The molecule has 6 nitrogen and oxygen atoms in total. The number of nitrogens with one attached hydrogen (secondary N) is 2. The number of halogens is 2. The highest BCUT2D eigenvalue weighted by Gasteiger charge is 2.15. The molecule has 0 saturated heterocycles. The van der Waals surface area contributed by atoms with Crippen LogP contribution in [0.15, 0.2) is 77.7 Å². The highest BCUT2D eigenvalue weighted by Crippen LogP contribution is 2.21. The van der Waals surface area contributed by atoms with Crippen molar-refractivity contribution in [2.24, 2.45) is 0 Å². The molecule has 0 unspecified atom stereocenters. The maximum Gasteiger partial charge on any atom is 0.262 e. The lowest BCUT2D eigenvalue weighted by Crippen LogP contribution is -2.20. The van der Waals surface area contributed by atoms with Gasteiger partial charge in [0.1, 0.15) is 0 Å². The molecule has 0 bridgehead atoms. The van der Waals surface area contributed by atoms with Crippen LogP contribution in [0.4, 0.5) is 15.8 Å². The monoisotopic (exact) mass is 434 g/mol. The Morgan fingerprint density at radius 1 is 0.966 bits per heavy atom. The van der Waals surface area contributed by atoms with Gasteiger partial charge in [0.15, 0.2) is 18.2 Å². The smallest absolute Gasteiger partial charge is 0.262 e. The van der Waals surface area contributed by atoms with Gasteiger partial charge in [-0.1, -0.05) is 29.8 Å². The quantitative estimate of drug-likeness (QED) is 0.580. The number of amides is 1. The molecule has 0 aliphatic heterocycles. The van der Waals surface area contributed by atoms with Gasteiger partial charge in [-0.3, -0.25) is 9.52 Å². The third-order valence-electron chi connectivity index (χ3n) is 3.72. The van der Waals surface area contributed by atoms with Gasteiger partial charge in [-0.2, -0.15) is 0 Å². The molecule has 0 aromatic heterocycles. The summed E-state index contributed by atoms with van der Waals surface area (Å²) in [7, 11) is -3.81. The normalized spacial score (nSPS) is 11.0. The number of anilines is 2. The Labute approximate surface area is 172 Å². The van der Waals surface area contributed by atoms with Gasteiger partial charge in [0.05, 0.1) is 10.6 Å². The Morgan fingerprint density at radius 2 is 1.69 bits per heavy atom. The van der Waals surface area contributed by atoms with Crippen molar-refractivity contribution in [1.29, 1.82) is 0 Å². The van der Waals surface area contributed by atoms with Crippen LogP contribution >= 0.6 is 11.6 Å². The fourth-order valence-electron chi connectivity index (χ4n) is 2.39. The first-order chi connectivity index (χ1) is 13.8. The standard InChI is InChI=1S/C20H16ClFN2O4S/c21-14-4-3-5-16(12-14)24-29(26,27)17-10-8-15(9-11-17)23-20(25)13-28-19-7-2-1-6-18(19)22/h1-12,24H,13H2,(H,23,25). The van der Waals surface area contributed by atoms with Crippen LogP contribution in [-0.4, -0.2) is 20.9 Å². The molecule has 0 fully saturated rings. The summed E-state index contributed by atoms with van der Waals surface area (Å²) in [5, 5.41) is 2.95. The van der Waals surface area contributed by atoms with Crippen molar-refractivity contribution in [3.63, 3.8) is 0 Å². The fraction of sp³-hybridized carbons (Fsp3) is 0.0500. The Bertz CT molecular complexity index is 1120. The van der Waals surface area contributed by atoms with Crippen molar-refractivity contribution in [1.82, 2.24) is 0 Å². The number of benzene rings is 3. The maximum absolute atomic E-state index is 13.5. The van der Waals surface area contributed by atoms with Crippen LogP contribution in [0.5, 0.6) is 5.75 Å². The molecule has 0 heterocycles. The highest BCUT2D eigenvalue weighted by molar-refractivity contribution is 7.92. The van der Waals surface area contributed by atoms with Crippen LogP contribution in [0, 0.1) is 5.82 Å². The van der Waals surface area contributed by atoms with Crippen molar-refractivity contribution in [2.75, 3.05) is 16.6 Å². The molecular weight excluding hydrogens is 419 g/mol. The number of sulfonamides is 1. The number of para-hydroxylation sites is 1. The lowest BCUT2D eigenvalue weighted by molar-refractivity contribution is -0.118. The molecule has 0 aliphatic carbocycles. The Morgan fingerprint density at radius 3 is 2.38 bits per heavy atom. The van der Waals surface area contributed by atoms with Crippen LogP contribution in [0.2, 0.25) is 5.02 Å². The molecule has 9 heteroatoms. The van der Waals surface area contributed by atoms with Crippen molar-refractivity contribution >= 4 is 38.9 Å². The maximum atomic E-state index is 13.5. The molecular formula is C20H16ClFN2O4S. The average Bonchev–Trinajstić information content (AvgIpc) is 2.67. The van der Waals surface area contributed by atoms with Crippen LogP contribution in [0.1, 0.15) is 0 Å². The number of ether oxygens (including phenoxy) is 1. The van der Waals surface area contributed by atoms with Crippen molar-refractivity contribution in [3.05, 3.63) is 83.6 Å². The number of hydrogen-bond donors (Lipinski definition) is 2. The molecule has 0 saturated carbocycles. The molecule has 0 spiro atoms. The largest absolute Gasteiger partial charge is 0.481 e. The van der Waals surface area contributed by atoms with E-state index in [2.05, 4.69) is 10.0 Å². The number of carbonyl (C=O) groups is 1. The number of carbonyl (C=O) groups excluding carboxylic acids is 1. The molecule has 0 radical (unpaired) electrons. The first kappa shape index (κ1) is 20.6. The van der Waals surface area contributed by atoms with Crippen molar-refractivity contribution in [2.45, 2.75) is 4.90 Å². The topological polar surface area (TPSA) is 84.5 Å². The molecule has 150 valence electrons. The number of hydrogen-bond acceptors (Lipinski definition) is 4. The Kier molecular flexibility index (Phi) is 6.36. The number of rotatable bonds is 7. The van der Waals surface area contributed by atoms with Crippen molar-refractivity contribution in [3.8, 4) is 5.75 Å². The molecule has 1 amide bonds. The van der Waals surface area contributed by atoms with Gasteiger partial charge < -0.3 is 10.1 Å². The highest BCUT2D eigenvalue weighted by atomic mass is 35.5. The second-order valence-electron chi connectivity index (χ2n) is 5.91. The van der Waals surface area contributed by atoms with Crippen LogP contribution in [-0.2, 0) is 14.8 Å². The van der Waals surface area contributed by atoms with E-state index in [-0.39, 0.29) is 10.6 Å². The molecule has 2 N–H and O–H groups in total. The lowest BCUT2D eigenvalue weighted by Gasteiger charge is -2.10. The minimum Gasteiger partial charge on any atom is -0.481 e. The predicted octanol–water partition coefficient (Wildman–Crippen LogP) is 4.30. The summed E-state index contributed by atoms with van der Waals surface area (Å²) >= 11 is 5.86. The SMILES string of the molecule is O=C(COc1ccccc1F)Nc1ccc(S(=O)(=O)Nc2cccc(Cl)c2)cc1. The first-order valence-electron chi connectivity index (χ1n) is 8.39. The van der Waals surface area contributed by atoms with Gasteiger partial charge >= 0.3 is 0 Å². The van der Waals surface area contributed by atoms with Gasteiger partial charge in [0, 0.05) is 10.7 Å². The van der Waals surface area contributed by atoms with E-state index in [0.717, 1.165) is 0 Å². The first-order valence-corrected chi connectivity index (χ1v) is 10.3. The minimum absolute atomic E-state index is 0.0121. The summed E-state index contributed by atoms with van der Waals surface area (Å²) in [6.07, 6.45) is 0. The zero-order chi connectivity index (χ0) is 20.9. The fourth-order valence-corrected chi connectivity index (χ4v) is 3.63. The molecule has 0 aliphatic rings. The van der Waals surface area contributed by atoms with E-state index in [1.807, 2.05) is 0 Å². The summed E-state index contributed by atoms with van der Waals surface area (Å²) in [6, 6.07) is 17.6. The Hall–Kier alpha value is -3.10. The zero-order valence-corrected chi connectivity index (χ0v) is 16.5. The Balaban J connectivity index is 1.60. The van der Waals surface area contributed by atoms with Gasteiger partial charge in [-0.05, 0) is 54.6 Å². The third-order valence-corrected chi connectivity index (χ3v) is 5.35. The lowest BCUT2D eigenvalue weighted by atomic mass is 10.3. The predicted molar refractivity (Wildman–Crippen MR) is 109 cm³/mol. The second-order valence-corrected chi connectivity index (χ2v) is 8.03. The summed E-state index contributed by atoms with van der Waals surface area (Å²) < 4.78 is 45.9. The minimum atomic E-state index is -3.81. The van der Waals surface area contributed by atoms with Gasteiger partial charge in [-0.15, -0.1) is 0 Å². The summed E-state index contributed by atoms with van der Waals surface area (Å²) in [4.78, 5) is 12.0. The molecule has 29 heavy (non-hydrogen) atoms. The summed E-state index contributed by atoms with van der Waals surface area (Å²) in [5.41, 5.74) is 0.703. The summed E-state index contributed by atoms with van der Waals surface area (Å²) in [6.45, 7) is -0.392. The van der Waals surface area contributed by atoms with E-state index in [1.165, 1.54) is 48.5 Å². The van der Waals surface area contributed by atoms with Crippen LogP contribution < -0.4 is 14.8 Å². The molecule has 3 aromatic carbocycles. The average molecular weight is 435 g/mol. The van der Waals surface area contributed by atoms with Crippen molar-refractivity contribution < 1.29 is 22.3 Å². The van der Waals surface area contributed by atoms with E-state index in [9.17, 15) is 17.6 Å². The van der Waals surface area contributed by atoms with E-state index in [4.69, 9.17) is 16.3 Å². The summed E-state index contributed by atoms with van der Waals surface area (Å²) in [5.74, 6) is -1.11. The van der Waals surface area contributed by atoms with E-state index < -0.39 is 28.4 Å². The third kappa shape index (κ3) is 5.69. The van der Waals surface area contributed by atoms with Crippen LogP contribution in [0.3, 0.4) is 0 Å². The van der Waals surface area contributed by atoms with Crippen LogP contribution in [0.25, 0.3) is 0 Å². The van der Waals surface area contributed by atoms with E-state index in [1.54, 1.807) is 24.3 Å². The van der Waals surface area contributed by atoms with E-state index in [0.29, 0.717) is 16.4 Å². The van der Waals surface area contributed by atoms with E-state index >= 15 is 0 Å². The molecule has 3 rings (SSSR count).